The summed E-state index contributed by atoms with van der Waals surface area (Å²) >= 11 is 0. The molecule has 0 aromatic heterocycles. The number of likely N-dealkylation sites (tertiary alicyclic amines) is 1. The topological polar surface area (TPSA) is 52.1 Å². The van der Waals surface area contributed by atoms with Crippen molar-refractivity contribution in [3.05, 3.63) is 35.1 Å². The average Bonchev–Trinajstić information content (AvgIpc) is 2.67. The standard InChI is InChI=1S/C21H36FN5O.HI/c1-5-23-21(25-19-8-10-27(11-9-19)12-13-28-4)24-15-17-6-7-20(22)18(14-17)16-26(2)3;/h6-7,14,19H,5,8-13,15-16H2,1-4H3,(H2,23,24,25);1H. The number of piperidine rings is 1. The SMILES string of the molecule is CCNC(=NCc1ccc(F)c(CN(C)C)c1)NC1CCN(CCOC)CC1.I. The Morgan fingerprint density at radius 3 is 2.66 bits per heavy atom. The number of guanidine groups is 1. The lowest BCUT2D eigenvalue weighted by atomic mass is 10.1. The molecule has 0 aliphatic carbocycles. The molecule has 0 amide bonds. The molecular formula is C21H37FIN5O. The lowest BCUT2D eigenvalue weighted by molar-refractivity contribution is 0.128. The van der Waals surface area contributed by atoms with Gasteiger partial charge in [-0.05, 0) is 51.6 Å². The van der Waals surface area contributed by atoms with Gasteiger partial charge < -0.3 is 25.2 Å². The van der Waals surface area contributed by atoms with Gasteiger partial charge in [-0.25, -0.2) is 9.38 Å². The van der Waals surface area contributed by atoms with E-state index in [1.54, 1.807) is 13.2 Å². The molecule has 1 fully saturated rings. The maximum Gasteiger partial charge on any atom is 0.191 e. The number of hydrogen-bond donors (Lipinski definition) is 2. The minimum atomic E-state index is -0.160. The quantitative estimate of drug-likeness (QED) is 0.298. The summed E-state index contributed by atoms with van der Waals surface area (Å²) in [6.07, 6.45) is 2.19. The molecule has 1 aromatic carbocycles. The molecule has 2 rings (SSSR count). The number of rotatable bonds is 9. The van der Waals surface area contributed by atoms with Crippen LogP contribution >= 0.6 is 24.0 Å². The van der Waals surface area contributed by atoms with Gasteiger partial charge in [-0.1, -0.05) is 6.07 Å². The Labute approximate surface area is 192 Å². The molecule has 0 spiro atoms. The molecule has 1 saturated heterocycles. The largest absolute Gasteiger partial charge is 0.383 e. The molecule has 166 valence electrons. The zero-order valence-electron chi connectivity index (χ0n) is 18.2. The van der Waals surface area contributed by atoms with Gasteiger partial charge in [0.25, 0.3) is 0 Å². The maximum atomic E-state index is 14.0. The molecule has 0 bridgehead atoms. The van der Waals surface area contributed by atoms with Crippen LogP contribution in [0.3, 0.4) is 0 Å². The van der Waals surface area contributed by atoms with Gasteiger partial charge in [0.15, 0.2) is 5.96 Å². The third-order valence-corrected chi connectivity index (χ3v) is 4.90. The van der Waals surface area contributed by atoms with Crippen LogP contribution in [0.5, 0.6) is 0 Å². The van der Waals surface area contributed by atoms with E-state index in [-0.39, 0.29) is 29.8 Å². The van der Waals surface area contributed by atoms with E-state index in [1.807, 2.05) is 31.1 Å². The summed E-state index contributed by atoms with van der Waals surface area (Å²) in [5, 5.41) is 6.89. The molecule has 0 saturated carbocycles. The summed E-state index contributed by atoms with van der Waals surface area (Å²) < 4.78 is 19.1. The zero-order valence-corrected chi connectivity index (χ0v) is 20.5. The first-order valence-corrected chi connectivity index (χ1v) is 10.2. The van der Waals surface area contributed by atoms with Crippen molar-refractivity contribution in [2.75, 3.05) is 54.0 Å². The van der Waals surface area contributed by atoms with Crippen molar-refractivity contribution < 1.29 is 9.13 Å². The van der Waals surface area contributed by atoms with Crippen LogP contribution in [0.15, 0.2) is 23.2 Å². The van der Waals surface area contributed by atoms with Crippen LogP contribution in [0.1, 0.15) is 30.9 Å². The van der Waals surface area contributed by atoms with Crippen LogP contribution in [-0.2, 0) is 17.8 Å². The van der Waals surface area contributed by atoms with Crippen LogP contribution in [0.25, 0.3) is 0 Å². The molecule has 2 N–H and O–H groups in total. The fraction of sp³-hybridized carbons (Fsp3) is 0.667. The number of hydrogen-bond acceptors (Lipinski definition) is 4. The third-order valence-electron chi connectivity index (χ3n) is 4.90. The van der Waals surface area contributed by atoms with E-state index in [0.29, 0.717) is 24.7 Å². The van der Waals surface area contributed by atoms with Crippen LogP contribution in [0.4, 0.5) is 4.39 Å². The summed E-state index contributed by atoms with van der Waals surface area (Å²) in [5.41, 5.74) is 1.73. The van der Waals surface area contributed by atoms with Gasteiger partial charge in [0.05, 0.1) is 13.2 Å². The summed E-state index contributed by atoms with van der Waals surface area (Å²) in [5.74, 6) is 0.669. The van der Waals surface area contributed by atoms with Crippen molar-refractivity contribution in [2.24, 2.45) is 4.99 Å². The highest BCUT2D eigenvalue weighted by Gasteiger charge is 2.19. The number of benzene rings is 1. The first-order chi connectivity index (χ1) is 13.5. The molecule has 0 radical (unpaired) electrons. The smallest absolute Gasteiger partial charge is 0.191 e. The van der Waals surface area contributed by atoms with Gasteiger partial charge in [-0.2, -0.15) is 0 Å². The van der Waals surface area contributed by atoms with Crippen molar-refractivity contribution in [2.45, 2.75) is 38.9 Å². The minimum absolute atomic E-state index is 0. The molecule has 29 heavy (non-hydrogen) atoms. The Bertz CT molecular complexity index is 621. The molecule has 0 unspecified atom stereocenters. The van der Waals surface area contributed by atoms with Crippen molar-refractivity contribution in [3.63, 3.8) is 0 Å². The van der Waals surface area contributed by atoms with E-state index >= 15 is 0 Å². The van der Waals surface area contributed by atoms with Crippen LogP contribution in [0.2, 0.25) is 0 Å². The van der Waals surface area contributed by atoms with E-state index in [4.69, 9.17) is 9.73 Å². The van der Waals surface area contributed by atoms with E-state index in [1.165, 1.54) is 0 Å². The fourth-order valence-corrected chi connectivity index (χ4v) is 3.39. The number of methoxy groups -OCH3 is 1. The average molecular weight is 521 g/mol. The van der Waals surface area contributed by atoms with Crippen LogP contribution in [0, 0.1) is 5.82 Å². The fourth-order valence-electron chi connectivity index (χ4n) is 3.39. The molecule has 0 atom stereocenters. The van der Waals surface area contributed by atoms with Crippen LogP contribution in [-0.4, -0.2) is 75.8 Å². The lowest BCUT2D eigenvalue weighted by Gasteiger charge is -2.32. The summed E-state index contributed by atoms with van der Waals surface area (Å²) in [4.78, 5) is 9.13. The predicted octanol–water partition coefficient (Wildman–Crippen LogP) is 2.67. The monoisotopic (exact) mass is 521 g/mol. The van der Waals surface area contributed by atoms with Crippen molar-refractivity contribution in [1.29, 1.82) is 0 Å². The van der Waals surface area contributed by atoms with Crippen molar-refractivity contribution in [1.82, 2.24) is 20.4 Å². The molecule has 6 nitrogen and oxygen atoms in total. The second-order valence-corrected chi connectivity index (χ2v) is 7.61. The Balaban J connectivity index is 0.00000420. The second-order valence-electron chi connectivity index (χ2n) is 7.61. The van der Waals surface area contributed by atoms with E-state index < -0.39 is 0 Å². The molecule has 1 aliphatic rings. The Kier molecular flexibility index (Phi) is 12.7. The molecule has 8 heteroatoms. The maximum absolute atomic E-state index is 14.0. The van der Waals surface area contributed by atoms with Gasteiger partial charge in [0.2, 0.25) is 0 Å². The van der Waals surface area contributed by atoms with E-state index in [2.05, 4.69) is 22.5 Å². The number of nitrogens with zero attached hydrogens (tertiary/aromatic N) is 3. The number of nitrogens with one attached hydrogen (secondary N) is 2. The highest BCUT2D eigenvalue weighted by Crippen LogP contribution is 2.14. The summed E-state index contributed by atoms with van der Waals surface area (Å²) in [6.45, 7) is 7.93. The van der Waals surface area contributed by atoms with E-state index in [9.17, 15) is 4.39 Å². The van der Waals surface area contributed by atoms with E-state index in [0.717, 1.165) is 57.2 Å². The van der Waals surface area contributed by atoms with Crippen molar-refractivity contribution >= 4 is 29.9 Å². The zero-order chi connectivity index (χ0) is 20.4. The number of ether oxygens (including phenoxy) is 1. The van der Waals surface area contributed by atoms with Gasteiger partial charge in [0, 0.05) is 51.4 Å². The highest BCUT2D eigenvalue weighted by atomic mass is 127. The Hall–Kier alpha value is -0.970. The molecular weight excluding hydrogens is 484 g/mol. The van der Waals surface area contributed by atoms with Crippen molar-refractivity contribution in [3.8, 4) is 0 Å². The Morgan fingerprint density at radius 1 is 1.31 bits per heavy atom. The Morgan fingerprint density at radius 2 is 2.03 bits per heavy atom. The summed E-state index contributed by atoms with van der Waals surface area (Å²) in [6, 6.07) is 5.70. The minimum Gasteiger partial charge on any atom is -0.383 e. The molecule has 1 aliphatic heterocycles. The highest BCUT2D eigenvalue weighted by molar-refractivity contribution is 14.0. The normalized spacial score (nSPS) is 16.0. The van der Waals surface area contributed by atoms with Gasteiger partial charge in [0.1, 0.15) is 5.82 Å². The number of aliphatic imine (C=N–C) groups is 1. The molecule has 1 aromatic rings. The predicted molar refractivity (Wildman–Crippen MR) is 128 cm³/mol. The first kappa shape index (κ1) is 26.1. The summed E-state index contributed by atoms with van der Waals surface area (Å²) in [7, 11) is 5.63. The third kappa shape index (κ3) is 9.59. The molecule has 1 heterocycles. The second kappa shape index (κ2) is 14.1. The van der Waals surface area contributed by atoms with Crippen LogP contribution < -0.4 is 10.6 Å². The first-order valence-electron chi connectivity index (χ1n) is 10.2. The lowest BCUT2D eigenvalue weighted by Crippen LogP contribution is -2.49. The van der Waals surface area contributed by atoms with Gasteiger partial charge in [-0.15, -0.1) is 24.0 Å². The number of halogens is 2. The van der Waals surface area contributed by atoms with Gasteiger partial charge >= 0.3 is 0 Å². The van der Waals surface area contributed by atoms with Gasteiger partial charge in [-0.3, -0.25) is 0 Å².